The summed E-state index contributed by atoms with van der Waals surface area (Å²) in [5, 5.41) is 0. The third-order valence-electron chi connectivity index (χ3n) is 4.09. The quantitative estimate of drug-likeness (QED) is 0.800. The standard InChI is InChI=1S/C17H23NO3/c1-11(2)8-9-18-15(19)13-10-12(21-5)6-7-14(13)17(3,4)16(18)20/h6-7,10-11H,8-9H2,1-5H3. The summed E-state index contributed by atoms with van der Waals surface area (Å²) in [5.41, 5.74) is 0.661. The Morgan fingerprint density at radius 3 is 2.48 bits per heavy atom. The summed E-state index contributed by atoms with van der Waals surface area (Å²) in [4.78, 5) is 26.7. The Labute approximate surface area is 126 Å². The topological polar surface area (TPSA) is 46.6 Å². The van der Waals surface area contributed by atoms with Crippen molar-refractivity contribution < 1.29 is 14.3 Å². The molecule has 0 N–H and O–H groups in total. The van der Waals surface area contributed by atoms with Crippen LogP contribution >= 0.6 is 0 Å². The lowest BCUT2D eigenvalue weighted by Gasteiger charge is -2.37. The van der Waals surface area contributed by atoms with E-state index in [1.165, 1.54) is 4.90 Å². The van der Waals surface area contributed by atoms with E-state index in [0.29, 0.717) is 23.8 Å². The van der Waals surface area contributed by atoms with Crippen LogP contribution in [0.1, 0.15) is 50.0 Å². The first-order chi connectivity index (χ1) is 9.78. The van der Waals surface area contributed by atoms with Crippen LogP contribution in [0.15, 0.2) is 18.2 Å². The minimum atomic E-state index is -0.688. The molecule has 1 aromatic carbocycles. The minimum absolute atomic E-state index is 0.120. The molecule has 1 aliphatic rings. The van der Waals surface area contributed by atoms with E-state index in [4.69, 9.17) is 4.74 Å². The van der Waals surface area contributed by atoms with E-state index in [1.54, 1.807) is 19.2 Å². The van der Waals surface area contributed by atoms with E-state index in [0.717, 1.165) is 12.0 Å². The number of fused-ring (bicyclic) bond motifs is 1. The van der Waals surface area contributed by atoms with E-state index in [9.17, 15) is 9.59 Å². The number of nitrogens with zero attached hydrogens (tertiary/aromatic N) is 1. The van der Waals surface area contributed by atoms with Crippen LogP contribution in [-0.4, -0.2) is 30.4 Å². The van der Waals surface area contributed by atoms with Crippen LogP contribution in [-0.2, 0) is 10.2 Å². The highest BCUT2D eigenvalue weighted by Gasteiger charge is 2.44. The number of imide groups is 1. The van der Waals surface area contributed by atoms with Crippen LogP contribution < -0.4 is 4.74 Å². The summed E-state index contributed by atoms with van der Waals surface area (Å²) in [7, 11) is 1.57. The average Bonchev–Trinajstić information content (AvgIpc) is 2.44. The van der Waals surface area contributed by atoms with Gasteiger partial charge in [-0.1, -0.05) is 19.9 Å². The first-order valence-electron chi connectivity index (χ1n) is 7.34. The highest BCUT2D eigenvalue weighted by Crippen LogP contribution is 2.36. The van der Waals surface area contributed by atoms with Crippen molar-refractivity contribution in [3.8, 4) is 5.75 Å². The molecule has 1 aliphatic heterocycles. The number of hydrogen-bond acceptors (Lipinski definition) is 3. The number of benzene rings is 1. The van der Waals surface area contributed by atoms with E-state index in [1.807, 2.05) is 19.9 Å². The monoisotopic (exact) mass is 289 g/mol. The molecule has 4 nitrogen and oxygen atoms in total. The van der Waals surface area contributed by atoms with Crippen molar-refractivity contribution in [3.63, 3.8) is 0 Å². The fourth-order valence-electron chi connectivity index (χ4n) is 2.65. The molecule has 0 saturated carbocycles. The van der Waals surface area contributed by atoms with Gasteiger partial charge in [-0.3, -0.25) is 14.5 Å². The summed E-state index contributed by atoms with van der Waals surface area (Å²) in [5.74, 6) is 0.746. The molecule has 0 bridgehead atoms. The third kappa shape index (κ3) is 2.67. The molecular formula is C17H23NO3. The van der Waals surface area contributed by atoms with Gasteiger partial charge in [0.15, 0.2) is 0 Å². The smallest absolute Gasteiger partial charge is 0.260 e. The van der Waals surface area contributed by atoms with Crippen LogP contribution in [0.4, 0.5) is 0 Å². The van der Waals surface area contributed by atoms with E-state index in [2.05, 4.69) is 13.8 Å². The second-order valence-corrected chi connectivity index (χ2v) is 6.48. The van der Waals surface area contributed by atoms with Gasteiger partial charge in [-0.05, 0) is 43.9 Å². The number of amides is 2. The number of rotatable bonds is 4. The molecule has 2 rings (SSSR count). The first kappa shape index (κ1) is 15.5. The van der Waals surface area contributed by atoms with Gasteiger partial charge in [0.2, 0.25) is 5.91 Å². The van der Waals surface area contributed by atoms with E-state index in [-0.39, 0.29) is 11.8 Å². The van der Waals surface area contributed by atoms with Gasteiger partial charge in [0.05, 0.1) is 12.5 Å². The fraction of sp³-hybridized carbons (Fsp3) is 0.529. The first-order valence-corrected chi connectivity index (χ1v) is 7.34. The summed E-state index contributed by atoms with van der Waals surface area (Å²) >= 11 is 0. The van der Waals surface area contributed by atoms with Crippen LogP contribution in [0.2, 0.25) is 0 Å². The van der Waals surface area contributed by atoms with E-state index >= 15 is 0 Å². The number of ether oxygens (including phenoxy) is 1. The van der Waals surface area contributed by atoms with Crippen LogP contribution in [0.3, 0.4) is 0 Å². The van der Waals surface area contributed by atoms with Crippen LogP contribution in [0, 0.1) is 5.92 Å². The molecule has 0 unspecified atom stereocenters. The second-order valence-electron chi connectivity index (χ2n) is 6.48. The maximum Gasteiger partial charge on any atom is 0.260 e. The molecule has 4 heteroatoms. The van der Waals surface area contributed by atoms with Crippen molar-refractivity contribution in [2.45, 2.75) is 39.5 Å². The van der Waals surface area contributed by atoms with Gasteiger partial charge < -0.3 is 4.74 Å². The average molecular weight is 289 g/mol. The van der Waals surface area contributed by atoms with Crippen molar-refractivity contribution in [1.29, 1.82) is 0 Å². The van der Waals surface area contributed by atoms with Gasteiger partial charge in [-0.2, -0.15) is 0 Å². The molecule has 0 radical (unpaired) electrons. The zero-order chi connectivity index (χ0) is 15.8. The molecule has 1 heterocycles. The highest BCUT2D eigenvalue weighted by molar-refractivity contribution is 6.13. The molecule has 0 saturated heterocycles. The summed E-state index contributed by atoms with van der Waals surface area (Å²) < 4.78 is 5.20. The largest absolute Gasteiger partial charge is 0.497 e. The number of hydrogen-bond donors (Lipinski definition) is 0. The molecule has 114 valence electrons. The van der Waals surface area contributed by atoms with Crippen molar-refractivity contribution in [2.24, 2.45) is 5.92 Å². The third-order valence-corrected chi connectivity index (χ3v) is 4.09. The molecule has 1 aromatic rings. The Balaban J connectivity index is 2.46. The van der Waals surface area contributed by atoms with Crippen LogP contribution in [0.25, 0.3) is 0 Å². The molecule has 0 atom stereocenters. The zero-order valence-corrected chi connectivity index (χ0v) is 13.4. The molecule has 0 spiro atoms. The molecule has 21 heavy (non-hydrogen) atoms. The van der Waals surface area contributed by atoms with Gasteiger partial charge in [0.1, 0.15) is 5.75 Å². The summed E-state index contributed by atoms with van der Waals surface area (Å²) in [6.07, 6.45) is 0.812. The Kier molecular flexibility index (Phi) is 4.08. The Morgan fingerprint density at radius 1 is 1.24 bits per heavy atom. The second kappa shape index (κ2) is 5.51. The van der Waals surface area contributed by atoms with Gasteiger partial charge in [-0.25, -0.2) is 0 Å². The molecular weight excluding hydrogens is 266 g/mol. The normalized spacial score (nSPS) is 17.1. The zero-order valence-electron chi connectivity index (χ0n) is 13.4. The minimum Gasteiger partial charge on any atom is -0.497 e. The van der Waals surface area contributed by atoms with Crippen molar-refractivity contribution in [3.05, 3.63) is 29.3 Å². The lowest BCUT2D eigenvalue weighted by atomic mass is 9.77. The SMILES string of the molecule is COc1ccc2c(c1)C(=O)N(CCC(C)C)C(=O)C2(C)C. The lowest BCUT2D eigenvalue weighted by Crippen LogP contribution is -2.52. The molecule has 2 amide bonds. The highest BCUT2D eigenvalue weighted by atomic mass is 16.5. The maximum absolute atomic E-state index is 12.7. The van der Waals surface area contributed by atoms with E-state index < -0.39 is 5.41 Å². The van der Waals surface area contributed by atoms with Gasteiger partial charge >= 0.3 is 0 Å². The Bertz CT molecular complexity index is 575. The van der Waals surface area contributed by atoms with Gasteiger partial charge in [0.25, 0.3) is 5.91 Å². The predicted molar refractivity (Wildman–Crippen MR) is 81.5 cm³/mol. The van der Waals surface area contributed by atoms with Gasteiger partial charge in [-0.15, -0.1) is 0 Å². The maximum atomic E-state index is 12.7. The summed E-state index contributed by atoms with van der Waals surface area (Å²) in [6, 6.07) is 5.35. The number of carbonyl (C=O) groups is 2. The van der Waals surface area contributed by atoms with Crippen molar-refractivity contribution in [1.82, 2.24) is 4.90 Å². The number of methoxy groups -OCH3 is 1. The Morgan fingerprint density at radius 2 is 1.90 bits per heavy atom. The summed E-state index contributed by atoms with van der Waals surface area (Å²) in [6.45, 7) is 8.38. The fourth-order valence-corrected chi connectivity index (χ4v) is 2.65. The van der Waals surface area contributed by atoms with Crippen molar-refractivity contribution >= 4 is 11.8 Å². The molecule has 0 aromatic heterocycles. The number of carbonyl (C=O) groups excluding carboxylic acids is 2. The van der Waals surface area contributed by atoms with Crippen LogP contribution in [0.5, 0.6) is 5.75 Å². The van der Waals surface area contributed by atoms with Crippen molar-refractivity contribution in [2.75, 3.05) is 13.7 Å². The molecule has 0 fully saturated rings. The Hall–Kier alpha value is -1.84. The molecule has 0 aliphatic carbocycles. The lowest BCUT2D eigenvalue weighted by molar-refractivity contribution is -0.134. The van der Waals surface area contributed by atoms with Gasteiger partial charge in [0, 0.05) is 12.1 Å². The predicted octanol–water partition coefficient (Wildman–Crippen LogP) is 3.00.